The number of halogens is 1. The van der Waals surface area contributed by atoms with Gasteiger partial charge in [-0.05, 0) is 12.1 Å². The Morgan fingerprint density at radius 1 is 1.15 bits per heavy atom. The third-order valence-electron chi connectivity index (χ3n) is 3.87. The predicted octanol–water partition coefficient (Wildman–Crippen LogP) is 2.88. The lowest BCUT2D eigenvalue weighted by Crippen LogP contribution is -2.33. The number of fused-ring (bicyclic) bond motifs is 1. The molecular formula is C19H19ClN2O5. The topological polar surface area (TPSA) is 85.9 Å². The van der Waals surface area contributed by atoms with Crippen LogP contribution < -0.4 is 24.8 Å². The summed E-state index contributed by atoms with van der Waals surface area (Å²) in [7, 11) is 1.48. The van der Waals surface area contributed by atoms with E-state index in [1.165, 1.54) is 7.11 Å². The van der Waals surface area contributed by atoms with E-state index in [-0.39, 0.29) is 6.54 Å². The standard InChI is InChI=1S/C19H19ClN2O5/c1-25-15-6-3-2-5-12(15)19(24)21-11-18(23)22-14-10-17-16(9-13(14)20)26-7-4-8-27-17/h2-3,5-6,9-10H,4,7-8,11H2,1H3,(H,21,24)(H,22,23). The van der Waals surface area contributed by atoms with Crippen molar-refractivity contribution in [2.24, 2.45) is 0 Å². The number of hydrogen-bond acceptors (Lipinski definition) is 5. The van der Waals surface area contributed by atoms with E-state index in [0.717, 1.165) is 6.42 Å². The lowest BCUT2D eigenvalue weighted by atomic mass is 10.2. The van der Waals surface area contributed by atoms with E-state index in [4.69, 9.17) is 25.8 Å². The van der Waals surface area contributed by atoms with Crippen LogP contribution in [0.3, 0.4) is 0 Å². The van der Waals surface area contributed by atoms with E-state index in [1.54, 1.807) is 36.4 Å². The molecular weight excluding hydrogens is 372 g/mol. The Morgan fingerprint density at radius 2 is 1.85 bits per heavy atom. The van der Waals surface area contributed by atoms with Crippen molar-refractivity contribution in [1.29, 1.82) is 0 Å². The van der Waals surface area contributed by atoms with E-state index in [2.05, 4.69) is 10.6 Å². The van der Waals surface area contributed by atoms with Crippen LogP contribution in [-0.2, 0) is 4.79 Å². The third kappa shape index (κ3) is 4.62. The highest BCUT2D eigenvalue weighted by Crippen LogP contribution is 2.37. The molecule has 0 aromatic heterocycles. The van der Waals surface area contributed by atoms with Gasteiger partial charge in [-0.25, -0.2) is 0 Å². The van der Waals surface area contributed by atoms with E-state index >= 15 is 0 Å². The maximum atomic E-state index is 12.2. The van der Waals surface area contributed by atoms with E-state index < -0.39 is 11.8 Å². The zero-order valence-electron chi connectivity index (χ0n) is 14.7. The summed E-state index contributed by atoms with van der Waals surface area (Å²) in [5.74, 6) is 0.661. The minimum atomic E-state index is -0.422. The van der Waals surface area contributed by atoms with Crippen molar-refractivity contribution in [1.82, 2.24) is 5.32 Å². The van der Waals surface area contributed by atoms with Gasteiger partial charge in [0, 0.05) is 18.6 Å². The lowest BCUT2D eigenvalue weighted by Gasteiger charge is -2.13. The van der Waals surface area contributed by atoms with Crippen molar-refractivity contribution in [3.63, 3.8) is 0 Å². The van der Waals surface area contributed by atoms with Crippen LogP contribution in [0.2, 0.25) is 5.02 Å². The van der Waals surface area contributed by atoms with Crippen molar-refractivity contribution in [2.75, 3.05) is 32.2 Å². The second kappa shape index (κ2) is 8.64. The Hall–Kier alpha value is -2.93. The molecule has 0 aliphatic carbocycles. The Kier molecular flexibility index (Phi) is 6.03. The number of methoxy groups -OCH3 is 1. The van der Waals surface area contributed by atoms with Crippen LogP contribution in [-0.4, -0.2) is 38.7 Å². The quantitative estimate of drug-likeness (QED) is 0.819. The maximum Gasteiger partial charge on any atom is 0.255 e. The number of para-hydroxylation sites is 1. The number of benzene rings is 2. The fraction of sp³-hybridized carbons (Fsp3) is 0.263. The van der Waals surface area contributed by atoms with Gasteiger partial charge in [-0.3, -0.25) is 9.59 Å². The first kappa shape index (κ1) is 18.8. The van der Waals surface area contributed by atoms with Gasteiger partial charge in [0.25, 0.3) is 5.91 Å². The number of amides is 2. The molecule has 142 valence electrons. The normalized spacial score (nSPS) is 12.7. The first-order valence-electron chi connectivity index (χ1n) is 8.38. The van der Waals surface area contributed by atoms with Gasteiger partial charge in [-0.15, -0.1) is 0 Å². The minimum absolute atomic E-state index is 0.221. The molecule has 0 saturated carbocycles. The Morgan fingerprint density at radius 3 is 2.59 bits per heavy atom. The number of carbonyl (C=O) groups is 2. The van der Waals surface area contributed by atoms with Gasteiger partial charge in [0.1, 0.15) is 5.75 Å². The SMILES string of the molecule is COc1ccccc1C(=O)NCC(=O)Nc1cc2c(cc1Cl)OCCCO2. The first-order chi connectivity index (χ1) is 13.1. The molecule has 0 radical (unpaired) electrons. The van der Waals surface area contributed by atoms with Gasteiger partial charge < -0.3 is 24.8 Å². The van der Waals surface area contributed by atoms with Crippen LogP contribution in [0.25, 0.3) is 0 Å². The third-order valence-corrected chi connectivity index (χ3v) is 4.19. The maximum absolute atomic E-state index is 12.2. The van der Waals surface area contributed by atoms with Crippen LogP contribution in [0, 0.1) is 0 Å². The lowest BCUT2D eigenvalue weighted by molar-refractivity contribution is -0.115. The highest BCUT2D eigenvalue weighted by molar-refractivity contribution is 6.34. The van der Waals surface area contributed by atoms with Gasteiger partial charge in [-0.2, -0.15) is 0 Å². The summed E-state index contributed by atoms with van der Waals surface area (Å²) in [6.45, 7) is 0.850. The van der Waals surface area contributed by atoms with Gasteiger partial charge in [0.2, 0.25) is 5.91 Å². The Bertz CT molecular complexity index is 856. The average molecular weight is 391 g/mol. The van der Waals surface area contributed by atoms with Crippen molar-refractivity contribution in [3.05, 3.63) is 47.0 Å². The molecule has 0 spiro atoms. The monoisotopic (exact) mass is 390 g/mol. The number of hydrogen-bond donors (Lipinski definition) is 2. The zero-order valence-corrected chi connectivity index (χ0v) is 15.5. The number of ether oxygens (including phenoxy) is 3. The fourth-order valence-electron chi connectivity index (χ4n) is 2.56. The molecule has 1 aliphatic rings. The fourth-order valence-corrected chi connectivity index (χ4v) is 2.76. The van der Waals surface area contributed by atoms with Gasteiger partial charge in [-0.1, -0.05) is 23.7 Å². The summed E-state index contributed by atoms with van der Waals surface area (Å²) in [5, 5.41) is 5.54. The highest BCUT2D eigenvalue weighted by Gasteiger charge is 2.17. The molecule has 2 aromatic rings. The molecule has 2 amide bonds. The van der Waals surface area contributed by atoms with Crippen LogP contribution in [0.1, 0.15) is 16.8 Å². The molecule has 27 heavy (non-hydrogen) atoms. The molecule has 7 nitrogen and oxygen atoms in total. The molecule has 0 saturated heterocycles. The van der Waals surface area contributed by atoms with Crippen LogP contribution in [0.5, 0.6) is 17.2 Å². The van der Waals surface area contributed by atoms with E-state index in [1.807, 2.05) is 0 Å². The van der Waals surface area contributed by atoms with Crippen molar-refractivity contribution < 1.29 is 23.8 Å². The van der Waals surface area contributed by atoms with Crippen LogP contribution in [0.4, 0.5) is 5.69 Å². The second-order valence-corrected chi connectivity index (χ2v) is 6.17. The number of anilines is 1. The van der Waals surface area contributed by atoms with Gasteiger partial charge in [0.05, 0.1) is 43.1 Å². The Labute approximate surface area is 161 Å². The summed E-state index contributed by atoms with van der Waals surface area (Å²) in [6.07, 6.45) is 0.767. The summed E-state index contributed by atoms with van der Waals surface area (Å²) in [4.78, 5) is 24.4. The molecule has 2 N–H and O–H groups in total. The summed E-state index contributed by atoms with van der Waals surface area (Å²) in [6, 6.07) is 9.98. The molecule has 0 fully saturated rings. The van der Waals surface area contributed by atoms with Crippen molar-refractivity contribution in [3.8, 4) is 17.2 Å². The van der Waals surface area contributed by atoms with Crippen LogP contribution in [0.15, 0.2) is 36.4 Å². The molecule has 1 heterocycles. The summed E-state index contributed by atoms with van der Waals surface area (Å²) in [5.41, 5.74) is 0.735. The molecule has 0 unspecified atom stereocenters. The predicted molar refractivity (Wildman–Crippen MR) is 101 cm³/mol. The smallest absolute Gasteiger partial charge is 0.255 e. The zero-order chi connectivity index (χ0) is 19.2. The Balaban J connectivity index is 1.62. The first-order valence-corrected chi connectivity index (χ1v) is 8.76. The second-order valence-electron chi connectivity index (χ2n) is 5.76. The molecule has 0 atom stereocenters. The molecule has 8 heteroatoms. The summed E-state index contributed by atoms with van der Waals surface area (Å²) < 4.78 is 16.3. The van der Waals surface area contributed by atoms with Crippen LogP contribution >= 0.6 is 11.6 Å². The number of rotatable bonds is 5. The van der Waals surface area contributed by atoms with Gasteiger partial charge in [0.15, 0.2) is 11.5 Å². The van der Waals surface area contributed by atoms with E-state index in [0.29, 0.717) is 46.7 Å². The van der Waals surface area contributed by atoms with Gasteiger partial charge >= 0.3 is 0 Å². The highest BCUT2D eigenvalue weighted by atomic mass is 35.5. The van der Waals surface area contributed by atoms with Crippen molar-refractivity contribution >= 4 is 29.1 Å². The number of nitrogens with one attached hydrogen (secondary N) is 2. The molecule has 1 aliphatic heterocycles. The molecule has 2 aromatic carbocycles. The van der Waals surface area contributed by atoms with Crippen molar-refractivity contribution in [2.45, 2.75) is 6.42 Å². The average Bonchev–Trinajstić information content (AvgIpc) is 2.91. The summed E-state index contributed by atoms with van der Waals surface area (Å²) >= 11 is 6.20. The largest absolute Gasteiger partial charge is 0.496 e. The van der Waals surface area contributed by atoms with E-state index in [9.17, 15) is 9.59 Å². The molecule has 3 rings (SSSR count). The minimum Gasteiger partial charge on any atom is -0.496 e. The number of carbonyl (C=O) groups excluding carboxylic acids is 2. The molecule has 0 bridgehead atoms.